The lowest BCUT2D eigenvalue weighted by molar-refractivity contribution is -0.114. The number of ketones is 1. The number of aliphatic imine (C=N–C) groups is 1. The van der Waals surface area contributed by atoms with E-state index in [-0.39, 0.29) is 29.2 Å². The molecule has 226 valence electrons. The number of carbonyl (C=O) groups is 1. The van der Waals surface area contributed by atoms with E-state index in [1.165, 1.54) is 33.5 Å². The number of aromatic hydroxyl groups is 2. The topological polar surface area (TPSA) is 126 Å². The van der Waals surface area contributed by atoms with Gasteiger partial charge in [0.2, 0.25) is 0 Å². The Kier molecular flexibility index (Phi) is 14.1. The van der Waals surface area contributed by atoms with Crippen LogP contribution in [-0.4, -0.2) is 43.2 Å². The van der Waals surface area contributed by atoms with Gasteiger partial charge in [-0.05, 0) is 72.1 Å². The summed E-state index contributed by atoms with van der Waals surface area (Å²) in [6.07, 6.45) is 11.2. The summed E-state index contributed by atoms with van der Waals surface area (Å²) < 4.78 is 10.6. The van der Waals surface area contributed by atoms with Crippen molar-refractivity contribution in [1.82, 2.24) is 0 Å². The standard InChI is InChI=1S/C33H49N3O5/c1-7-9-22(2)10-8-11-23(3)26(14-16-27(37)15-12-24-13-17-29(38)30(20-24)40-5)18-25-19-28(36-33(34)35-4)32(39)31(21-25)41-6/h13-14,16-17,19-23,26,38-39H,7-12,15,18H2,1-6H3,(H3,34,35,36)/b16-14+/t22-,23-,26+/m0/s1. The average Bonchev–Trinajstić information content (AvgIpc) is 2.96. The van der Waals surface area contributed by atoms with Crippen molar-refractivity contribution >= 4 is 17.4 Å². The number of anilines is 1. The van der Waals surface area contributed by atoms with Crippen LogP contribution in [0.3, 0.4) is 0 Å². The van der Waals surface area contributed by atoms with Crippen molar-refractivity contribution < 1.29 is 24.5 Å². The molecule has 2 aromatic carbocycles. The van der Waals surface area contributed by atoms with Crippen molar-refractivity contribution in [3.8, 4) is 23.0 Å². The third kappa shape index (κ3) is 11.0. The molecule has 0 bridgehead atoms. The highest BCUT2D eigenvalue weighted by Gasteiger charge is 2.19. The first kappa shape index (κ1) is 33.5. The molecule has 0 saturated heterocycles. The molecule has 0 amide bonds. The molecule has 0 aliphatic rings. The molecule has 8 heteroatoms. The van der Waals surface area contributed by atoms with Crippen molar-refractivity contribution in [2.45, 2.75) is 72.1 Å². The van der Waals surface area contributed by atoms with Crippen molar-refractivity contribution in [2.24, 2.45) is 28.5 Å². The van der Waals surface area contributed by atoms with E-state index in [2.05, 4.69) is 31.1 Å². The van der Waals surface area contributed by atoms with E-state index < -0.39 is 0 Å². The van der Waals surface area contributed by atoms with Gasteiger partial charge in [-0.25, -0.2) is 0 Å². The summed E-state index contributed by atoms with van der Waals surface area (Å²) in [5, 5.41) is 23.4. The molecule has 0 spiro atoms. The predicted octanol–water partition coefficient (Wildman–Crippen LogP) is 6.63. The minimum absolute atomic E-state index is 0.0334. The number of benzene rings is 2. The predicted molar refractivity (Wildman–Crippen MR) is 167 cm³/mol. The number of rotatable bonds is 17. The number of phenols is 2. The zero-order chi connectivity index (χ0) is 30.4. The van der Waals surface area contributed by atoms with E-state index in [9.17, 15) is 15.0 Å². The summed E-state index contributed by atoms with van der Waals surface area (Å²) in [6, 6.07) is 8.84. The molecule has 2 rings (SSSR count). The Balaban J connectivity index is 2.22. The highest BCUT2D eigenvalue weighted by atomic mass is 16.5. The first-order valence-corrected chi connectivity index (χ1v) is 14.6. The molecule has 8 nitrogen and oxygen atoms in total. The van der Waals surface area contributed by atoms with Crippen molar-refractivity contribution in [1.29, 1.82) is 0 Å². The molecule has 2 aromatic rings. The lowest BCUT2D eigenvalue weighted by atomic mass is 9.83. The van der Waals surface area contributed by atoms with Gasteiger partial charge < -0.3 is 30.7 Å². The van der Waals surface area contributed by atoms with E-state index in [1.807, 2.05) is 18.2 Å². The molecule has 0 saturated carbocycles. The Labute approximate surface area is 245 Å². The summed E-state index contributed by atoms with van der Waals surface area (Å²) >= 11 is 0. The van der Waals surface area contributed by atoms with Crippen LogP contribution in [-0.2, 0) is 17.6 Å². The van der Waals surface area contributed by atoms with Gasteiger partial charge in [-0.15, -0.1) is 0 Å². The average molecular weight is 568 g/mol. The second-order valence-electron chi connectivity index (χ2n) is 10.9. The van der Waals surface area contributed by atoms with Crippen LogP contribution in [0.1, 0.15) is 70.4 Å². The van der Waals surface area contributed by atoms with Gasteiger partial charge in [0.15, 0.2) is 34.7 Å². The Morgan fingerprint density at radius 2 is 1.76 bits per heavy atom. The summed E-state index contributed by atoms with van der Waals surface area (Å²) in [7, 11) is 4.59. The van der Waals surface area contributed by atoms with Crippen LogP contribution >= 0.6 is 0 Å². The fraction of sp³-hybridized carbons (Fsp3) is 0.515. The second-order valence-corrected chi connectivity index (χ2v) is 10.9. The van der Waals surface area contributed by atoms with Crippen LogP contribution < -0.4 is 20.5 Å². The number of phenolic OH excluding ortho intramolecular Hbond substituents is 2. The highest BCUT2D eigenvalue weighted by Crippen LogP contribution is 2.37. The normalized spacial score (nSPS) is 14.0. The van der Waals surface area contributed by atoms with Gasteiger partial charge in [0.05, 0.1) is 19.9 Å². The molecule has 0 aromatic heterocycles. The van der Waals surface area contributed by atoms with Gasteiger partial charge in [0, 0.05) is 13.5 Å². The zero-order valence-electron chi connectivity index (χ0n) is 25.6. The van der Waals surface area contributed by atoms with Gasteiger partial charge in [-0.2, -0.15) is 0 Å². The van der Waals surface area contributed by atoms with Crippen LogP contribution in [0.2, 0.25) is 0 Å². The number of hydrogen-bond acceptors (Lipinski definition) is 6. The molecular weight excluding hydrogens is 518 g/mol. The largest absolute Gasteiger partial charge is 0.504 e. The molecule has 0 heterocycles. The van der Waals surface area contributed by atoms with E-state index in [1.54, 1.807) is 31.3 Å². The van der Waals surface area contributed by atoms with Crippen molar-refractivity contribution in [3.63, 3.8) is 0 Å². The monoisotopic (exact) mass is 567 g/mol. The van der Waals surface area contributed by atoms with Gasteiger partial charge in [-0.3, -0.25) is 9.79 Å². The third-order valence-corrected chi connectivity index (χ3v) is 7.63. The Morgan fingerprint density at radius 3 is 2.41 bits per heavy atom. The number of aryl methyl sites for hydroxylation is 1. The molecule has 0 fully saturated rings. The summed E-state index contributed by atoms with van der Waals surface area (Å²) in [5.74, 6) is 2.18. The van der Waals surface area contributed by atoms with E-state index in [0.717, 1.165) is 24.0 Å². The molecule has 41 heavy (non-hydrogen) atoms. The molecular formula is C33H49N3O5. The number of allylic oxidation sites excluding steroid dienone is 2. The first-order chi connectivity index (χ1) is 19.6. The molecule has 5 N–H and O–H groups in total. The lowest BCUT2D eigenvalue weighted by Gasteiger charge is -2.23. The van der Waals surface area contributed by atoms with Crippen molar-refractivity contribution in [3.05, 3.63) is 53.6 Å². The molecule has 0 aliphatic heterocycles. The third-order valence-electron chi connectivity index (χ3n) is 7.63. The number of nitrogens with two attached hydrogens (primary N) is 1. The minimum Gasteiger partial charge on any atom is -0.504 e. The van der Waals surface area contributed by atoms with E-state index >= 15 is 0 Å². The smallest absolute Gasteiger partial charge is 0.192 e. The van der Waals surface area contributed by atoms with Gasteiger partial charge >= 0.3 is 0 Å². The fourth-order valence-electron chi connectivity index (χ4n) is 5.06. The Morgan fingerprint density at radius 1 is 1.05 bits per heavy atom. The number of carbonyl (C=O) groups excluding carboxylic acids is 1. The second kappa shape index (κ2) is 17.2. The SMILES string of the molecule is CCC[C@H](C)CCC[C@H](C)[C@H](/C=C/C(=O)CCc1ccc(O)c(OC)c1)Cc1cc(NC(N)=NC)c(O)c(OC)c1. The van der Waals surface area contributed by atoms with E-state index in [0.29, 0.717) is 48.3 Å². The summed E-state index contributed by atoms with van der Waals surface area (Å²) in [6.45, 7) is 6.78. The van der Waals surface area contributed by atoms with Crippen LogP contribution in [0.5, 0.6) is 23.0 Å². The highest BCUT2D eigenvalue weighted by molar-refractivity contribution is 5.94. The van der Waals surface area contributed by atoms with Crippen LogP contribution in [0.15, 0.2) is 47.5 Å². The number of ether oxygens (including phenoxy) is 2. The zero-order valence-corrected chi connectivity index (χ0v) is 25.6. The maximum Gasteiger partial charge on any atom is 0.192 e. The van der Waals surface area contributed by atoms with Crippen LogP contribution in [0, 0.1) is 17.8 Å². The molecule has 3 atom stereocenters. The molecule has 0 aliphatic carbocycles. The number of hydrogen-bond donors (Lipinski definition) is 4. The Hall–Kier alpha value is -3.68. The number of nitrogens with one attached hydrogen (secondary N) is 1. The summed E-state index contributed by atoms with van der Waals surface area (Å²) in [5.41, 5.74) is 8.17. The number of methoxy groups -OCH3 is 2. The van der Waals surface area contributed by atoms with Crippen molar-refractivity contribution in [2.75, 3.05) is 26.6 Å². The Bertz CT molecular complexity index is 1180. The van der Waals surface area contributed by atoms with E-state index in [4.69, 9.17) is 15.2 Å². The lowest BCUT2D eigenvalue weighted by Crippen LogP contribution is -2.22. The minimum atomic E-state index is -0.0334. The first-order valence-electron chi connectivity index (χ1n) is 14.6. The molecule has 0 unspecified atom stereocenters. The van der Waals surface area contributed by atoms with Crippen LogP contribution in [0.25, 0.3) is 0 Å². The quantitative estimate of drug-likeness (QED) is 0.0731. The summed E-state index contributed by atoms with van der Waals surface area (Å²) in [4.78, 5) is 16.8. The maximum absolute atomic E-state index is 12.9. The molecule has 0 radical (unpaired) electrons. The van der Waals surface area contributed by atoms with Gasteiger partial charge in [-0.1, -0.05) is 65.0 Å². The fourth-order valence-corrected chi connectivity index (χ4v) is 5.06. The van der Waals surface area contributed by atoms with Gasteiger partial charge in [0.1, 0.15) is 0 Å². The maximum atomic E-state index is 12.9. The van der Waals surface area contributed by atoms with Crippen LogP contribution in [0.4, 0.5) is 5.69 Å². The number of guanidine groups is 1. The number of nitrogens with zero attached hydrogens (tertiary/aromatic N) is 1. The van der Waals surface area contributed by atoms with Gasteiger partial charge in [0.25, 0.3) is 0 Å².